The molecule has 8 heterocycles. The normalized spacial score (nSPS) is 23.8. The molecule has 19 heteroatoms. The fourth-order valence-corrected chi connectivity index (χ4v) is 11.8. The van der Waals surface area contributed by atoms with Crippen LogP contribution in [-0.4, -0.2) is 132 Å². The summed E-state index contributed by atoms with van der Waals surface area (Å²) < 4.78 is 20.9. The first-order valence-electron chi connectivity index (χ1n) is 26.2. The van der Waals surface area contributed by atoms with Gasteiger partial charge in [0.25, 0.3) is 0 Å². The summed E-state index contributed by atoms with van der Waals surface area (Å²) >= 11 is 0. The summed E-state index contributed by atoms with van der Waals surface area (Å²) in [6, 6.07) is 22.4. The highest BCUT2D eigenvalue weighted by molar-refractivity contribution is 5.91. The van der Waals surface area contributed by atoms with E-state index in [4.69, 9.17) is 19.7 Å². The number of benzene rings is 2. The molecule has 2 amide bonds. The second kappa shape index (κ2) is 20.6. The number of aromatic nitrogens is 6. The zero-order chi connectivity index (χ0) is 51.2. The van der Waals surface area contributed by atoms with Gasteiger partial charge in [-0.15, -0.1) is 10.2 Å². The number of aromatic hydroxyl groups is 1. The van der Waals surface area contributed by atoms with Crippen LogP contribution in [0.25, 0.3) is 16.9 Å². The Kier molecular flexibility index (Phi) is 13.6. The molecule has 74 heavy (non-hydrogen) atoms. The number of carbonyl (C=O) groups excluding carboxylic acids is 2. The number of nitrogen functional groups attached to an aromatic ring is 1. The first-order valence-corrected chi connectivity index (χ1v) is 26.2. The first-order chi connectivity index (χ1) is 35.8. The number of amides is 2. The molecule has 6 aromatic rings. The van der Waals surface area contributed by atoms with Gasteiger partial charge in [0.2, 0.25) is 17.7 Å². The number of aliphatic hydroxyl groups is 1. The predicted molar refractivity (Wildman–Crippen MR) is 278 cm³/mol. The Bertz CT molecular complexity index is 2940. The van der Waals surface area contributed by atoms with Gasteiger partial charge in [-0.3, -0.25) is 9.59 Å². The molecule has 1 aliphatic carbocycles. The number of carbonyl (C=O) groups is 2. The number of anilines is 4. The lowest BCUT2D eigenvalue weighted by Crippen LogP contribution is -2.54. The molecule has 19 nitrogen and oxygen atoms in total. The summed E-state index contributed by atoms with van der Waals surface area (Å²) in [5.74, 6) is 1.74. The highest BCUT2D eigenvalue weighted by Crippen LogP contribution is 2.41. The average Bonchev–Trinajstić information content (AvgIpc) is 4.20. The van der Waals surface area contributed by atoms with Crippen molar-refractivity contribution in [2.75, 3.05) is 53.2 Å². The van der Waals surface area contributed by atoms with Crippen LogP contribution in [0.3, 0.4) is 0 Å². The minimum atomic E-state index is -0.822. The second-order valence-corrected chi connectivity index (χ2v) is 21.1. The zero-order valence-electron chi connectivity index (χ0n) is 42.4. The largest absolute Gasteiger partial charge is 0.507 e. The van der Waals surface area contributed by atoms with Gasteiger partial charge in [-0.25, -0.2) is 9.97 Å². The van der Waals surface area contributed by atoms with E-state index in [-0.39, 0.29) is 72.9 Å². The number of nitrogens with zero attached hydrogens (tertiary/aromatic N) is 10. The number of nitrogens with two attached hydrogens (primary N) is 1. The third-order valence-corrected chi connectivity index (χ3v) is 15.8. The van der Waals surface area contributed by atoms with Gasteiger partial charge < -0.3 is 59.4 Å². The Morgan fingerprint density at radius 1 is 0.824 bits per heavy atom. The molecule has 388 valence electrons. The van der Waals surface area contributed by atoms with Gasteiger partial charge in [-0.05, 0) is 87.4 Å². The summed E-state index contributed by atoms with van der Waals surface area (Å²) in [5.41, 5.74) is 11.4. The number of fused-ring (bicyclic) bond motifs is 2. The Hall–Kier alpha value is -7.25. The van der Waals surface area contributed by atoms with E-state index in [1.165, 1.54) is 4.90 Å². The van der Waals surface area contributed by atoms with Crippen molar-refractivity contribution >= 4 is 34.8 Å². The maximum atomic E-state index is 14.4. The fourth-order valence-electron chi connectivity index (χ4n) is 11.8. The molecule has 0 spiro atoms. The monoisotopic (exact) mass is 1010 g/mol. The lowest BCUT2D eigenvalue weighted by Gasteiger charge is -2.43. The summed E-state index contributed by atoms with van der Waals surface area (Å²) in [7, 11) is 0. The number of ether oxygens (including phenoxy) is 2. The Balaban J connectivity index is 0.642. The number of phenols is 1. The molecule has 2 aromatic carbocycles. The molecular weight excluding hydrogens is 941 g/mol. The van der Waals surface area contributed by atoms with E-state index in [2.05, 4.69) is 57.5 Å². The molecule has 4 aliphatic heterocycles. The minimum absolute atomic E-state index is 0.0284. The van der Waals surface area contributed by atoms with Gasteiger partial charge in [0, 0.05) is 112 Å². The zero-order valence-corrected chi connectivity index (χ0v) is 42.4. The van der Waals surface area contributed by atoms with Crippen molar-refractivity contribution in [1.82, 2.24) is 40.1 Å². The highest BCUT2D eigenvalue weighted by atomic mass is 16.5. The number of nitrogens with one attached hydrogen (secondary N) is 1. The van der Waals surface area contributed by atoms with E-state index in [1.807, 2.05) is 93.2 Å². The summed E-state index contributed by atoms with van der Waals surface area (Å²) in [6.07, 6.45) is 10.5. The first kappa shape index (κ1) is 49.0. The molecule has 2 unspecified atom stereocenters. The highest BCUT2D eigenvalue weighted by Gasteiger charge is 2.45. The number of rotatable bonds is 15. The van der Waals surface area contributed by atoms with Crippen molar-refractivity contribution < 1.29 is 33.8 Å². The van der Waals surface area contributed by atoms with Crippen molar-refractivity contribution in [2.24, 2.45) is 5.92 Å². The van der Waals surface area contributed by atoms with Crippen molar-refractivity contribution in [2.45, 2.75) is 127 Å². The summed E-state index contributed by atoms with van der Waals surface area (Å²) in [4.78, 5) is 45.6. The maximum absolute atomic E-state index is 14.4. The third kappa shape index (κ3) is 9.93. The van der Waals surface area contributed by atoms with E-state index in [1.54, 1.807) is 18.3 Å². The number of imidazole rings is 1. The van der Waals surface area contributed by atoms with Crippen LogP contribution in [0.4, 0.5) is 23.0 Å². The Morgan fingerprint density at radius 2 is 1.58 bits per heavy atom. The van der Waals surface area contributed by atoms with Crippen molar-refractivity contribution in [3.8, 4) is 28.6 Å². The number of β-amino-alcohol motifs (C(OH)–C–C–N with tert-alkyl or cyclic N) is 1. The number of para-hydroxylation sites is 1. The second-order valence-electron chi connectivity index (χ2n) is 21.1. The van der Waals surface area contributed by atoms with Gasteiger partial charge in [0.15, 0.2) is 17.4 Å². The summed E-state index contributed by atoms with van der Waals surface area (Å²) in [5, 5.41) is 37.3. The quantitative estimate of drug-likeness (QED) is 0.0880. The standard InChI is InChI=1S/C55H66N12O7/c1-32(2)52(55(71)66-31-40(68)24-47(66)54(70)59-33(3)35-9-11-36(12-10-35)65-22-19-57-34(65)4)49-28-50(62-74-49)63-20-16-41(17-21-63)72-42-25-43(26-42)73-51-23-37(15-18-58-51)67-38-13-14-39(67)30-64(29-38)46-27-45(60-61-53(46)56)44-7-5-6-8-48(44)69/h5-12,15,18-19,22-23,27-28,32-33,38-43,47,52,68-69H,13-14,16-17,20-21,24-26,29-31H2,1-4H3,(H2,56,61)(H,59,70)/t33-,38?,39?,40+,42?,43?,47-,52-/m0/s1. The maximum Gasteiger partial charge on any atom is 0.243 e. The minimum Gasteiger partial charge on any atom is -0.507 e. The fraction of sp³-hybridized carbons (Fsp3) is 0.473. The molecule has 1 saturated carbocycles. The number of likely N-dealkylation sites (tertiary alicyclic amines) is 1. The van der Waals surface area contributed by atoms with Gasteiger partial charge >= 0.3 is 0 Å². The van der Waals surface area contributed by atoms with Crippen LogP contribution in [0.2, 0.25) is 0 Å². The molecule has 6 atom stereocenters. The molecule has 5 aliphatic rings. The smallest absolute Gasteiger partial charge is 0.243 e. The van der Waals surface area contributed by atoms with Crippen molar-refractivity contribution in [1.29, 1.82) is 0 Å². The van der Waals surface area contributed by atoms with Crippen LogP contribution in [0.15, 0.2) is 95.9 Å². The Labute approximate surface area is 430 Å². The molecule has 5 N–H and O–H groups in total. The number of aliphatic hydroxyl groups excluding tert-OH is 1. The van der Waals surface area contributed by atoms with E-state index in [0.29, 0.717) is 34.5 Å². The lowest BCUT2D eigenvalue weighted by molar-refractivity contribution is -0.141. The number of pyridine rings is 1. The number of piperazine rings is 1. The Morgan fingerprint density at radius 3 is 2.30 bits per heavy atom. The van der Waals surface area contributed by atoms with Crippen LogP contribution in [0.1, 0.15) is 94.8 Å². The van der Waals surface area contributed by atoms with Crippen molar-refractivity contribution in [3.63, 3.8) is 0 Å². The molecule has 0 radical (unpaired) electrons. The number of phenolic OH excluding ortho intramolecular Hbond substituents is 1. The van der Waals surface area contributed by atoms with Gasteiger partial charge in [-0.2, -0.15) is 0 Å². The number of hydrogen-bond acceptors (Lipinski definition) is 16. The van der Waals surface area contributed by atoms with Crippen LogP contribution >= 0.6 is 0 Å². The van der Waals surface area contributed by atoms with Crippen LogP contribution in [0, 0.1) is 12.8 Å². The molecule has 2 bridgehead atoms. The number of aryl methyl sites for hydroxylation is 1. The van der Waals surface area contributed by atoms with E-state index in [0.717, 1.165) is 93.2 Å². The van der Waals surface area contributed by atoms with Crippen LogP contribution in [-0.2, 0) is 14.3 Å². The van der Waals surface area contributed by atoms with E-state index in [9.17, 15) is 19.8 Å². The molecule has 5 fully saturated rings. The molecule has 11 rings (SSSR count). The van der Waals surface area contributed by atoms with Gasteiger partial charge in [-0.1, -0.05) is 43.3 Å². The van der Waals surface area contributed by atoms with Gasteiger partial charge in [0.1, 0.15) is 29.6 Å². The van der Waals surface area contributed by atoms with E-state index < -0.39 is 18.1 Å². The number of hydrogen-bond donors (Lipinski definition) is 4. The SMILES string of the molecule is Cc1nccn1-c1ccc([C@H](C)NC(=O)[C@@H]2C[C@@H](O)CN2C(=O)[C@H](c2cc(N3CCC(OC4CC(Oc5cc(N6C7CCC6CN(c6cc(-c8ccccc8O)nnc6N)C7)ccn5)C4)CC3)no2)C(C)C)cc1. The number of piperidine rings is 1. The third-order valence-electron chi connectivity index (χ3n) is 15.8. The van der Waals surface area contributed by atoms with Crippen LogP contribution < -0.4 is 30.5 Å². The van der Waals surface area contributed by atoms with E-state index >= 15 is 0 Å². The van der Waals surface area contributed by atoms with Crippen LogP contribution in [0.5, 0.6) is 11.6 Å². The average molecular weight is 1010 g/mol. The topological polar surface area (TPSA) is 227 Å². The predicted octanol–water partition coefficient (Wildman–Crippen LogP) is 6.34. The molecule has 4 saturated heterocycles. The van der Waals surface area contributed by atoms with Gasteiger partial charge in [0.05, 0.1) is 35.7 Å². The summed E-state index contributed by atoms with van der Waals surface area (Å²) in [6.45, 7) is 10.9. The lowest BCUT2D eigenvalue weighted by atomic mass is 9.91. The molecular formula is C55H66N12O7. The molecule has 4 aromatic heterocycles. The van der Waals surface area contributed by atoms with Crippen molar-refractivity contribution in [3.05, 3.63) is 109 Å².